The first kappa shape index (κ1) is 19.9. The van der Waals surface area contributed by atoms with Gasteiger partial charge in [0.25, 0.3) is 0 Å². The smallest absolute Gasteiger partial charge is 0.150 e. The van der Waals surface area contributed by atoms with Crippen LogP contribution in [0, 0.1) is 0 Å². The van der Waals surface area contributed by atoms with Crippen LogP contribution in [-0.2, 0) is 17.7 Å². The molecular weight excluding hydrogens is 390 g/mol. The zero-order chi connectivity index (χ0) is 21.3. The maximum Gasteiger partial charge on any atom is 0.150 e. The van der Waals surface area contributed by atoms with Gasteiger partial charge in [-0.05, 0) is 43.2 Å². The van der Waals surface area contributed by atoms with Crippen molar-refractivity contribution in [3.8, 4) is 5.75 Å². The summed E-state index contributed by atoms with van der Waals surface area (Å²) in [7, 11) is 0. The van der Waals surface area contributed by atoms with E-state index in [4.69, 9.17) is 14.5 Å². The van der Waals surface area contributed by atoms with Gasteiger partial charge >= 0.3 is 0 Å². The number of hydrogen-bond acceptors (Lipinski definition) is 7. The number of morpholine rings is 1. The molecule has 1 aromatic carbocycles. The van der Waals surface area contributed by atoms with Crippen LogP contribution >= 0.6 is 0 Å². The molecule has 2 aliphatic rings. The second-order valence-corrected chi connectivity index (χ2v) is 8.74. The van der Waals surface area contributed by atoms with Gasteiger partial charge in [-0.3, -0.25) is 9.88 Å². The lowest BCUT2D eigenvalue weighted by atomic mass is 10.00. The Kier molecular flexibility index (Phi) is 5.29. The lowest BCUT2D eigenvalue weighted by molar-refractivity contribution is -0.0349. The number of nitrogens with zero attached hydrogens (tertiary/aromatic N) is 4. The van der Waals surface area contributed by atoms with Gasteiger partial charge in [0.05, 0.1) is 18.5 Å². The summed E-state index contributed by atoms with van der Waals surface area (Å²) in [5.41, 5.74) is 3.42. The molecule has 1 atom stereocenters. The van der Waals surface area contributed by atoms with Gasteiger partial charge in [0.1, 0.15) is 29.1 Å². The summed E-state index contributed by atoms with van der Waals surface area (Å²) in [5.74, 6) is 2.42. The van der Waals surface area contributed by atoms with Gasteiger partial charge in [-0.15, -0.1) is 0 Å². The number of anilines is 2. The summed E-state index contributed by atoms with van der Waals surface area (Å²) in [6, 6.07) is 12.5. The van der Waals surface area contributed by atoms with Gasteiger partial charge < -0.3 is 14.8 Å². The molecule has 1 N–H and O–H groups in total. The topological polar surface area (TPSA) is 72.4 Å². The molecule has 7 nitrogen and oxygen atoms in total. The molecule has 1 fully saturated rings. The summed E-state index contributed by atoms with van der Waals surface area (Å²) in [6.45, 7) is 7.58. The highest BCUT2D eigenvalue weighted by molar-refractivity contribution is 5.50. The van der Waals surface area contributed by atoms with Crippen molar-refractivity contribution in [3.63, 3.8) is 0 Å². The molecule has 1 saturated heterocycles. The Morgan fingerprint density at radius 3 is 2.97 bits per heavy atom. The molecule has 5 rings (SSSR count). The van der Waals surface area contributed by atoms with Gasteiger partial charge in [-0.25, -0.2) is 9.97 Å². The minimum Gasteiger partial charge on any atom is -0.487 e. The van der Waals surface area contributed by atoms with Crippen LogP contribution in [0.4, 0.5) is 11.6 Å². The number of nitrogens with one attached hydrogen (secondary N) is 1. The van der Waals surface area contributed by atoms with E-state index in [-0.39, 0.29) is 11.7 Å². The van der Waals surface area contributed by atoms with Crippen LogP contribution in [-0.4, -0.2) is 45.1 Å². The van der Waals surface area contributed by atoms with Crippen molar-refractivity contribution in [2.75, 3.05) is 25.0 Å². The molecule has 4 heterocycles. The highest BCUT2D eigenvalue weighted by atomic mass is 16.5. The third-order valence-corrected chi connectivity index (χ3v) is 5.60. The third-order valence-electron chi connectivity index (χ3n) is 5.60. The number of fused-ring (bicyclic) bond motifs is 1. The van der Waals surface area contributed by atoms with E-state index in [1.165, 1.54) is 11.1 Å². The lowest BCUT2D eigenvalue weighted by Gasteiger charge is -2.32. The van der Waals surface area contributed by atoms with Crippen LogP contribution in [0.5, 0.6) is 5.75 Å². The van der Waals surface area contributed by atoms with E-state index in [1.807, 2.05) is 18.2 Å². The number of rotatable bonds is 5. The zero-order valence-electron chi connectivity index (χ0n) is 17.9. The fourth-order valence-electron chi connectivity index (χ4n) is 4.24. The second-order valence-electron chi connectivity index (χ2n) is 8.74. The molecule has 0 saturated carbocycles. The summed E-state index contributed by atoms with van der Waals surface area (Å²) >= 11 is 0. The molecule has 0 amide bonds. The second kappa shape index (κ2) is 8.24. The van der Waals surface area contributed by atoms with Gasteiger partial charge in [0.2, 0.25) is 0 Å². The number of benzene rings is 1. The van der Waals surface area contributed by atoms with Gasteiger partial charge in [-0.2, -0.15) is 0 Å². The average molecular weight is 418 g/mol. The fourth-order valence-corrected chi connectivity index (χ4v) is 4.24. The Balaban J connectivity index is 1.25. The molecule has 0 spiro atoms. The van der Waals surface area contributed by atoms with Crippen molar-refractivity contribution in [3.05, 3.63) is 71.8 Å². The molecule has 160 valence electrons. The van der Waals surface area contributed by atoms with Crippen molar-refractivity contribution in [2.24, 2.45) is 0 Å². The van der Waals surface area contributed by atoms with Crippen molar-refractivity contribution in [1.29, 1.82) is 0 Å². The van der Waals surface area contributed by atoms with E-state index < -0.39 is 0 Å². The van der Waals surface area contributed by atoms with E-state index in [9.17, 15) is 0 Å². The lowest BCUT2D eigenvalue weighted by Crippen LogP contribution is -2.38. The SMILES string of the molecule is CC1(C)Cc2cc(CN3CCO[C@@H](c4cccc(Nc5cnccn5)n4)C3)ccc2O1. The molecule has 31 heavy (non-hydrogen) atoms. The van der Waals surface area contributed by atoms with Crippen molar-refractivity contribution in [1.82, 2.24) is 19.9 Å². The Morgan fingerprint density at radius 2 is 2.10 bits per heavy atom. The Labute approximate surface area is 182 Å². The predicted molar refractivity (Wildman–Crippen MR) is 118 cm³/mol. The van der Waals surface area contributed by atoms with E-state index in [1.54, 1.807) is 18.6 Å². The van der Waals surface area contributed by atoms with Crippen molar-refractivity contribution in [2.45, 2.75) is 38.5 Å². The quantitative estimate of drug-likeness (QED) is 0.675. The van der Waals surface area contributed by atoms with Crippen LogP contribution in [0.25, 0.3) is 0 Å². The van der Waals surface area contributed by atoms with Gasteiger partial charge in [0.15, 0.2) is 0 Å². The maximum absolute atomic E-state index is 6.06. The molecule has 3 aromatic rings. The summed E-state index contributed by atoms with van der Waals surface area (Å²) < 4.78 is 12.1. The van der Waals surface area contributed by atoms with Gasteiger partial charge in [-0.1, -0.05) is 18.2 Å². The van der Waals surface area contributed by atoms with E-state index in [0.29, 0.717) is 12.4 Å². The maximum atomic E-state index is 6.06. The Morgan fingerprint density at radius 1 is 1.16 bits per heavy atom. The standard InChI is InChI=1S/C24H27N5O2/c1-24(2)13-18-12-17(6-7-20(18)31-24)15-29-10-11-30-21(16-29)19-4-3-5-22(27-19)28-23-14-25-8-9-26-23/h3-9,12,14,21H,10-11,13,15-16H2,1-2H3,(H,26,27,28)/t21-/m1/s1. The first-order valence-electron chi connectivity index (χ1n) is 10.7. The Bertz CT molecular complexity index is 1060. The van der Waals surface area contributed by atoms with E-state index >= 15 is 0 Å². The molecule has 0 aliphatic carbocycles. The summed E-state index contributed by atoms with van der Waals surface area (Å²) in [6.07, 6.45) is 5.87. The molecule has 7 heteroatoms. The van der Waals surface area contributed by atoms with Crippen LogP contribution in [0.15, 0.2) is 55.0 Å². The molecule has 0 radical (unpaired) electrons. The zero-order valence-corrected chi connectivity index (χ0v) is 17.9. The first-order valence-corrected chi connectivity index (χ1v) is 10.7. The van der Waals surface area contributed by atoms with E-state index in [0.717, 1.165) is 43.3 Å². The molecule has 2 aliphatic heterocycles. The largest absolute Gasteiger partial charge is 0.487 e. The number of pyridine rings is 1. The molecule has 0 unspecified atom stereocenters. The fraction of sp³-hybridized carbons (Fsp3) is 0.375. The molecule has 2 aromatic heterocycles. The minimum atomic E-state index is -0.110. The monoisotopic (exact) mass is 417 g/mol. The number of ether oxygens (including phenoxy) is 2. The van der Waals surface area contributed by atoms with Crippen LogP contribution < -0.4 is 10.1 Å². The van der Waals surface area contributed by atoms with Gasteiger partial charge in [0, 0.05) is 38.4 Å². The molecular formula is C24H27N5O2. The van der Waals surface area contributed by atoms with Crippen molar-refractivity contribution < 1.29 is 9.47 Å². The molecule has 0 bridgehead atoms. The summed E-state index contributed by atoms with van der Waals surface area (Å²) in [4.78, 5) is 15.5. The van der Waals surface area contributed by atoms with Crippen molar-refractivity contribution >= 4 is 11.6 Å². The highest BCUT2D eigenvalue weighted by Gasteiger charge is 2.30. The minimum absolute atomic E-state index is 0.0611. The highest BCUT2D eigenvalue weighted by Crippen LogP contribution is 2.35. The first-order chi connectivity index (χ1) is 15.0. The number of aromatic nitrogens is 3. The van der Waals surface area contributed by atoms with Crippen LogP contribution in [0.1, 0.15) is 36.8 Å². The summed E-state index contributed by atoms with van der Waals surface area (Å²) in [5, 5.41) is 3.20. The number of hydrogen-bond donors (Lipinski definition) is 1. The Hall–Kier alpha value is -3.03. The third kappa shape index (κ3) is 4.68. The van der Waals surface area contributed by atoms with Crippen LogP contribution in [0.2, 0.25) is 0 Å². The van der Waals surface area contributed by atoms with E-state index in [2.05, 4.69) is 52.2 Å². The average Bonchev–Trinajstić information content (AvgIpc) is 3.08. The predicted octanol–water partition coefficient (Wildman–Crippen LogP) is 3.90. The normalized spacial score (nSPS) is 20.1. The van der Waals surface area contributed by atoms with Crippen LogP contribution in [0.3, 0.4) is 0 Å².